The van der Waals surface area contributed by atoms with E-state index >= 15 is 0 Å². The highest BCUT2D eigenvalue weighted by Crippen LogP contribution is 2.61. The third-order valence-corrected chi connectivity index (χ3v) is 8.72. The first-order valence-electron chi connectivity index (χ1n) is 12.7. The predicted octanol–water partition coefficient (Wildman–Crippen LogP) is 10.1. The van der Waals surface area contributed by atoms with Crippen molar-refractivity contribution >= 4 is 67.0 Å². The second kappa shape index (κ2) is 8.24. The van der Waals surface area contributed by atoms with Crippen molar-refractivity contribution in [2.45, 2.75) is 9.79 Å². The van der Waals surface area contributed by atoms with Crippen LogP contribution in [0.5, 0.6) is 11.5 Å². The summed E-state index contributed by atoms with van der Waals surface area (Å²) in [6.45, 7) is 0. The first-order chi connectivity index (χ1) is 19.7. The van der Waals surface area contributed by atoms with Crippen molar-refractivity contribution in [3.8, 4) is 34.4 Å². The molecule has 0 saturated heterocycles. The summed E-state index contributed by atoms with van der Waals surface area (Å²) in [4.78, 5) is 13.9. The van der Waals surface area contributed by atoms with Crippen LogP contribution in [0.25, 0.3) is 45.1 Å². The number of oxazole rings is 2. The Morgan fingerprint density at radius 1 is 0.625 bits per heavy atom. The molecule has 0 amide bonds. The number of fused-ring (bicyclic) bond motifs is 6. The average molecular weight is 602 g/mol. The largest absolute Gasteiger partial charge is 0.453 e. The summed E-state index contributed by atoms with van der Waals surface area (Å²) < 4.78 is 19.9. The van der Waals surface area contributed by atoms with Gasteiger partial charge < -0.3 is 18.5 Å². The number of aromatic nitrogens is 2. The van der Waals surface area contributed by atoms with Gasteiger partial charge in [-0.25, -0.2) is 9.97 Å². The zero-order valence-corrected chi connectivity index (χ0v) is 23.0. The molecule has 9 rings (SSSR count). The van der Waals surface area contributed by atoms with Crippen molar-refractivity contribution in [2.75, 3.05) is 4.90 Å². The number of para-hydroxylation sites is 4. The van der Waals surface area contributed by atoms with Crippen LogP contribution in [0, 0.1) is 0 Å². The van der Waals surface area contributed by atoms with Gasteiger partial charge in [-0.2, -0.15) is 0 Å². The smallest absolute Gasteiger partial charge is 0.227 e. The summed E-state index contributed by atoms with van der Waals surface area (Å²) in [7, 11) is 0. The van der Waals surface area contributed by atoms with Crippen molar-refractivity contribution < 1.29 is 13.6 Å². The number of nitrogens with zero attached hydrogens (tertiary/aromatic N) is 3. The minimum Gasteiger partial charge on any atom is -0.453 e. The molecular formula is C32H16BrN3O3S. The Bertz CT molecular complexity index is 2100. The van der Waals surface area contributed by atoms with Crippen molar-refractivity contribution in [3.05, 3.63) is 102 Å². The van der Waals surface area contributed by atoms with Crippen LogP contribution in [-0.4, -0.2) is 9.97 Å². The monoisotopic (exact) mass is 601 g/mol. The molecule has 0 fully saturated rings. The molecule has 7 aromatic rings. The van der Waals surface area contributed by atoms with Crippen LogP contribution in [-0.2, 0) is 0 Å². The fraction of sp³-hybridized carbons (Fsp3) is 0. The highest BCUT2D eigenvalue weighted by atomic mass is 79.9. The number of hydrogen-bond acceptors (Lipinski definition) is 7. The predicted molar refractivity (Wildman–Crippen MR) is 159 cm³/mol. The van der Waals surface area contributed by atoms with Gasteiger partial charge in [0.1, 0.15) is 16.7 Å². The Balaban J connectivity index is 1.24. The van der Waals surface area contributed by atoms with Crippen molar-refractivity contribution in [3.63, 3.8) is 0 Å². The minimum absolute atomic E-state index is 0.554. The first-order valence-corrected chi connectivity index (χ1v) is 14.3. The van der Waals surface area contributed by atoms with E-state index in [0.717, 1.165) is 70.4 Å². The number of benzene rings is 5. The van der Waals surface area contributed by atoms with Crippen molar-refractivity contribution in [2.24, 2.45) is 0 Å². The molecule has 0 spiro atoms. The lowest BCUT2D eigenvalue weighted by molar-refractivity contribution is 0.474. The van der Waals surface area contributed by atoms with E-state index in [-0.39, 0.29) is 0 Å². The Morgan fingerprint density at radius 2 is 1.30 bits per heavy atom. The van der Waals surface area contributed by atoms with Gasteiger partial charge in [0.05, 0.1) is 11.4 Å². The molecule has 4 heterocycles. The summed E-state index contributed by atoms with van der Waals surface area (Å²) in [6.07, 6.45) is 0. The Hall–Kier alpha value is -4.53. The van der Waals surface area contributed by atoms with E-state index in [0.29, 0.717) is 17.5 Å². The molecule has 0 unspecified atom stereocenters. The molecule has 2 aliphatic heterocycles. The van der Waals surface area contributed by atoms with E-state index in [2.05, 4.69) is 51.2 Å². The molecule has 5 aromatic carbocycles. The molecule has 0 saturated carbocycles. The number of hydrogen-bond donors (Lipinski definition) is 0. The Kier molecular flexibility index (Phi) is 4.59. The molecule has 2 aromatic heterocycles. The van der Waals surface area contributed by atoms with Gasteiger partial charge in [0.15, 0.2) is 22.7 Å². The molecule has 190 valence electrons. The minimum atomic E-state index is 0.554. The lowest BCUT2D eigenvalue weighted by atomic mass is 10.1. The molecule has 0 bridgehead atoms. The van der Waals surface area contributed by atoms with Crippen LogP contribution in [0.3, 0.4) is 0 Å². The van der Waals surface area contributed by atoms with Gasteiger partial charge in [-0.15, -0.1) is 0 Å². The van der Waals surface area contributed by atoms with Gasteiger partial charge in [-0.1, -0.05) is 52.0 Å². The highest BCUT2D eigenvalue weighted by Gasteiger charge is 2.35. The summed E-state index contributed by atoms with van der Waals surface area (Å²) in [5.41, 5.74) is 7.89. The number of ether oxygens (including phenoxy) is 1. The molecule has 0 radical (unpaired) electrons. The summed E-state index contributed by atoms with van der Waals surface area (Å²) in [5.74, 6) is 2.56. The third kappa shape index (κ3) is 3.30. The highest BCUT2D eigenvalue weighted by molar-refractivity contribution is 9.10. The van der Waals surface area contributed by atoms with Crippen molar-refractivity contribution in [1.29, 1.82) is 0 Å². The van der Waals surface area contributed by atoms with E-state index in [9.17, 15) is 0 Å². The molecule has 8 heteroatoms. The number of rotatable bonds is 2. The van der Waals surface area contributed by atoms with Crippen molar-refractivity contribution in [1.82, 2.24) is 9.97 Å². The van der Waals surface area contributed by atoms with E-state index in [1.54, 1.807) is 11.8 Å². The molecule has 2 aliphatic rings. The maximum Gasteiger partial charge on any atom is 0.227 e. The van der Waals surface area contributed by atoms with E-state index in [1.807, 2.05) is 66.7 Å². The topological polar surface area (TPSA) is 64.5 Å². The molecular weight excluding hydrogens is 586 g/mol. The fourth-order valence-corrected chi connectivity index (χ4v) is 7.02. The van der Waals surface area contributed by atoms with Gasteiger partial charge in [0, 0.05) is 25.4 Å². The summed E-state index contributed by atoms with van der Waals surface area (Å²) in [6, 6.07) is 32.2. The summed E-state index contributed by atoms with van der Waals surface area (Å²) >= 11 is 5.36. The number of halogens is 1. The SMILES string of the molecule is Brc1ccc2c(c1)Sc1cc(-c3nc4ccccc4o3)cc3c1N2c1ccc(-c2nc4ccccc4o2)cc1O3. The third-order valence-electron chi connectivity index (χ3n) is 7.15. The average Bonchev–Trinajstić information content (AvgIpc) is 3.61. The van der Waals surface area contributed by atoms with Gasteiger partial charge in [0.2, 0.25) is 11.8 Å². The zero-order chi connectivity index (χ0) is 26.4. The molecule has 0 atom stereocenters. The standard InChI is InChI=1S/C32H16BrN3O3S/c33-19-10-12-23-28(16-19)40-29-15-18(32-35-21-6-2-4-8-25(21)39-32)14-27-30(29)36(23)22-11-9-17(13-26(22)37-27)31-34-20-5-1-3-7-24(20)38-31/h1-16H. The van der Waals surface area contributed by atoms with Crippen LogP contribution < -0.4 is 9.64 Å². The van der Waals surface area contributed by atoms with E-state index < -0.39 is 0 Å². The normalized spacial score (nSPS) is 13.2. The van der Waals surface area contributed by atoms with E-state index in [4.69, 9.17) is 23.5 Å². The molecule has 0 aliphatic carbocycles. The maximum absolute atomic E-state index is 6.63. The maximum atomic E-state index is 6.63. The Morgan fingerprint density at radius 3 is 2.05 bits per heavy atom. The van der Waals surface area contributed by atoms with Gasteiger partial charge in [-0.3, -0.25) is 0 Å². The zero-order valence-electron chi connectivity index (χ0n) is 20.6. The number of anilines is 3. The van der Waals surface area contributed by atoms with Gasteiger partial charge in [-0.05, 0) is 72.8 Å². The Labute approximate surface area is 240 Å². The van der Waals surface area contributed by atoms with Gasteiger partial charge in [0.25, 0.3) is 0 Å². The van der Waals surface area contributed by atoms with Crippen LogP contribution >= 0.6 is 27.7 Å². The second-order valence-electron chi connectivity index (χ2n) is 9.63. The van der Waals surface area contributed by atoms with Crippen LogP contribution in [0.4, 0.5) is 17.1 Å². The molecule has 0 N–H and O–H groups in total. The fourth-order valence-electron chi connectivity index (χ4n) is 5.35. The lowest BCUT2D eigenvalue weighted by Crippen LogP contribution is -2.19. The molecule has 6 nitrogen and oxygen atoms in total. The second-order valence-corrected chi connectivity index (χ2v) is 11.6. The first kappa shape index (κ1) is 22.3. The van der Waals surface area contributed by atoms with Crippen LogP contribution in [0.1, 0.15) is 0 Å². The molecule has 40 heavy (non-hydrogen) atoms. The quantitative estimate of drug-likeness (QED) is 0.195. The van der Waals surface area contributed by atoms with Crippen LogP contribution in [0.15, 0.2) is 120 Å². The van der Waals surface area contributed by atoms with Crippen LogP contribution in [0.2, 0.25) is 0 Å². The van der Waals surface area contributed by atoms with E-state index in [1.165, 1.54) is 0 Å². The summed E-state index contributed by atoms with van der Waals surface area (Å²) in [5, 5.41) is 0. The lowest BCUT2D eigenvalue weighted by Gasteiger charge is -2.38. The van der Waals surface area contributed by atoms with Gasteiger partial charge >= 0.3 is 0 Å².